The second-order valence-corrected chi connectivity index (χ2v) is 6.61. The highest BCUT2D eigenvalue weighted by Crippen LogP contribution is 2.08. The van der Waals surface area contributed by atoms with Crippen molar-refractivity contribution >= 4 is 23.9 Å². The Morgan fingerprint density at radius 1 is 0.903 bits per heavy atom. The molecule has 0 spiro atoms. The van der Waals surface area contributed by atoms with E-state index in [1.807, 2.05) is 6.07 Å². The molecule has 0 aliphatic carbocycles. The maximum atomic E-state index is 12.4. The number of aromatic carboxylic acids is 1. The first-order valence-electron chi connectivity index (χ1n) is 9.30. The Morgan fingerprint density at radius 2 is 1.55 bits per heavy atom. The van der Waals surface area contributed by atoms with Crippen LogP contribution in [0.4, 0.5) is 4.79 Å². The molecule has 3 amide bonds. The summed E-state index contributed by atoms with van der Waals surface area (Å²) < 4.78 is 5.01. The van der Waals surface area contributed by atoms with E-state index in [1.165, 1.54) is 24.3 Å². The summed E-state index contributed by atoms with van der Waals surface area (Å²) in [6.07, 6.45) is -0.921. The molecule has 2 aromatic rings. The Kier molecular flexibility index (Phi) is 8.52. The van der Waals surface area contributed by atoms with Crippen LogP contribution in [0.1, 0.15) is 21.5 Å². The number of carbonyl (C=O) groups excluding carboxylic acids is 3. The standard InChI is InChI=1S/C21H23N3O7/c22-18(26)16(10-13-6-8-15(9-7-13)20(28)29)23-19(27)17(11-25)24-21(30)31-12-14-4-2-1-3-5-14/h1-9,16-17,25H,10-12H2,(H2,22,26)(H,23,27)(H,24,30)(H,28,29)/t16-,17+/m1/s1. The van der Waals surface area contributed by atoms with Crippen molar-refractivity contribution in [1.82, 2.24) is 10.6 Å². The van der Waals surface area contributed by atoms with E-state index in [0.717, 1.165) is 5.56 Å². The molecular formula is C21H23N3O7. The second kappa shape index (κ2) is 11.3. The van der Waals surface area contributed by atoms with Crippen molar-refractivity contribution in [3.63, 3.8) is 0 Å². The van der Waals surface area contributed by atoms with Gasteiger partial charge in [-0.25, -0.2) is 9.59 Å². The summed E-state index contributed by atoms with van der Waals surface area (Å²) in [5.41, 5.74) is 6.72. The zero-order chi connectivity index (χ0) is 22.8. The molecule has 0 heterocycles. The molecule has 6 N–H and O–H groups in total. The summed E-state index contributed by atoms with van der Waals surface area (Å²) in [6.45, 7) is -0.756. The predicted molar refractivity (Wildman–Crippen MR) is 109 cm³/mol. The smallest absolute Gasteiger partial charge is 0.408 e. The van der Waals surface area contributed by atoms with E-state index in [4.69, 9.17) is 15.6 Å². The fourth-order valence-electron chi connectivity index (χ4n) is 2.62. The molecule has 0 fully saturated rings. The Labute approximate surface area is 178 Å². The number of carboxylic acid groups (broad SMARTS) is 1. The van der Waals surface area contributed by atoms with Crippen LogP contribution in [0.3, 0.4) is 0 Å². The van der Waals surface area contributed by atoms with Gasteiger partial charge in [-0.05, 0) is 23.3 Å². The lowest BCUT2D eigenvalue weighted by atomic mass is 10.0. The molecule has 2 atom stereocenters. The molecule has 10 nitrogen and oxygen atoms in total. The van der Waals surface area contributed by atoms with Gasteiger partial charge < -0.3 is 31.3 Å². The van der Waals surface area contributed by atoms with Crippen LogP contribution in [-0.4, -0.2) is 52.8 Å². The van der Waals surface area contributed by atoms with Gasteiger partial charge in [0.05, 0.1) is 12.2 Å². The third-order valence-electron chi connectivity index (χ3n) is 4.30. The number of rotatable bonds is 10. The first-order valence-corrected chi connectivity index (χ1v) is 9.30. The quantitative estimate of drug-likeness (QED) is 0.359. The van der Waals surface area contributed by atoms with Gasteiger partial charge in [-0.2, -0.15) is 0 Å². The molecular weight excluding hydrogens is 406 g/mol. The van der Waals surface area contributed by atoms with Crippen LogP contribution in [0.5, 0.6) is 0 Å². The first-order chi connectivity index (χ1) is 14.8. The molecule has 2 aromatic carbocycles. The minimum Gasteiger partial charge on any atom is -0.478 e. The summed E-state index contributed by atoms with van der Waals surface area (Å²) in [4.78, 5) is 47.0. The summed E-state index contributed by atoms with van der Waals surface area (Å²) in [5.74, 6) is -2.76. The van der Waals surface area contributed by atoms with E-state index in [-0.39, 0.29) is 18.6 Å². The van der Waals surface area contributed by atoms with Crippen molar-refractivity contribution in [2.75, 3.05) is 6.61 Å². The maximum absolute atomic E-state index is 12.4. The van der Waals surface area contributed by atoms with E-state index in [2.05, 4.69) is 10.6 Å². The van der Waals surface area contributed by atoms with Crippen LogP contribution in [0.2, 0.25) is 0 Å². The zero-order valence-electron chi connectivity index (χ0n) is 16.5. The third kappa shape index (κ3) is 7.44. The lowest BCUT2D eigenvalue weighted by Gasteiger charge is -2.20. The zero-order valence-corrected chi connectivity index (χ0v) is 16.5. The largest absolute Gasteiger partial charge is 0.478 e. The van der Waals surface area contributed by atoms with Crippen molar-refractivity contribution in [1.29, 1.82) is 0 Å². The lowest BCUT2D eigenvalue weighted by molar-refractivity contribution is -0.129. The maximum Gasteiger partial charge on any atom is 0.408 e. The number of nitrogens with one attached hydrogen (secondary N) is 2. The van der Waals surface area contributed by atoms with Crippen molar-refractivity contribution in [3.05, 3.63) is 71.3 Å². The van der Waals surface area contributed by atoms with Gasteiger partial charge in [0, 0.05) is 6.42 Å². The van der Waals surface area contributed by atoms with Crippen LogP contribution in [0.25, 0.3) is 0 Å². The van der Waals surface area contributed by atoms with Crippen molar-refractivity contribution in [3.8, 4) is 0 Å². The molecule has 0 radical (unpaired) electrons. The minimum atomic E-state index is -1.36. The predicted octanol–water partition coefficient (Wildman–Crippen LogP) is 0.185. The Balaban J connectivity index is 1.93. The van der Waals surface area contributed by atoms with Gasteiger partial charge in [-0.3, -0.25) is 9.59 Å². The molecule has 0 bridgehead atoms. The van der Waals surface area contributed by atoms with Crippen molar-refractivity contribution in [2.24, 2.45) is 5.73 Å². The van der Waals surface area contributed by atoms with Gasteiger partial charge in [-0.15, -0.1) is 0 Å². The molecule has 164 valence electrons. The molecule has 10 heteroatoms. The number of nitrogens with two attached hydrogens (primary N) is 1. The number of primary amides is 1. The fraction of sp³-hybridized carbons (Fsp3) is 0.238. The number of carboxylic acids is 1. The van der Waals surface area contributed by atoms with E-state index in [0.29, 0.717) is 5.56 Å². The summed E-state index contributed by atoms with van der Waals surface area (Å²) >= 11 is 0. The van der Waals surface area contributed by atoms with Gasteiger partial charge in [0.1, 0.15) is 18.7 Å². The van der Waals surface area contributed by atoms with E-state index in [1.54, 1.807) is 24.3 Å². The second-order valence-electron chi connectivity index (χ2n) is 6.61. The van der Waals surface area contributed by atoms with Gasteiger partial charge in [0.15, 0.2) is 0 Å². The third-order valence-corrected chi connectivity index (χ3v) is 4.30. The monoisotopic (exact) mass is 429 g/mol. The van der Waals surface area contributed by atoms with Crippen LogP contribution in [0.15, 0.2) is 54.6 Å². The number of hydrogen-bond donors (Lipinski definition) is 5. The van der Waals surface area contributed by atoms with Crippen LogP contribution < -0.4 is 16.4 Å². The van der Waals surface area contributed by atoms with E-state index >= 15 is 0 Å². The normalized spacial score (nSPS) is 12.3. The summed E-state index contributed by atoms with van der Waals surface area (Å²) in [6, 6.07) is 12.1. The van der Waals surface area contributed by atoms with Crippen molar-refractivity contribution in [2.45, 2.75) is 25.1 Å². The van der Waals surface area contributed by atoms with Crippen LogP contribution in [-0.2, 0) is 27.4 Å². The fourth-order valence-corrected chi connectivity index (χ4v) is 2.62. The highest BCUT2D eigenvalue weighted by molar-refractivity contribution is 5.91. The SMILES string of the molecule is NC(=O)[C@@H](Cc1ccc(C(=O)O)cc1)NC(=O)[C@H](CO)NC(=O)OCc1ccccc1. The number of ether oxygens (including phenoxy) is 1. The molecule has 31 heavy (non-hydrogen) atoms. The van der Waals surface area contributed by atoms with Crippen LogP contribution in [0, 0.1) is 0 Å². The number of amides is 3. The van der Waals surface area contributed by atoms with Crippen LogP contribution >= 0.6 is 0 Å². The summed E-state index contributed by atoms with van der Waals surface area (Å²) in [5, 5.41) is 23.0. The minimum absolute atomic E-state index is 0.00241. The lowest BCUT2D eigenvalue weighted by Crippen LogP contribution is -2.54. The summed E-state index contributed by atoms with van der Waals surface area (Å²) in [7, 11) is 0. The van der Waals surface area contributed by atoms with Gasteiger partial charge in [0.2, 0.25) is 11.8 Å². The number of hydrogen-bond acceptors (Lipinski definition) is 6. The Hall–Kier alpha value is -3.92. The molecule has 0 unspecified atom stereocenters. The average Bonchev–Trinajstić information content (AvgIpc) is 2.76. The van der Waals surface area contributed by atoms with E-state index < -0.39 is 42.6 Å². The highest BCUT2D eigenvalue weighted by atomic mass is 16.5. The Morgan fingerprint density at radius 3 is 2.10 bits per heavy atom. The van der Waals surface area contributed by atoms with E-state index in [9.17, 15) is 24.3 Å². The number of aliphatic hydroxyl groups is 1. The molecule has 2 rings (SSSR count). The number of alkyl carbamates (subject to hydrolysis) is 1. The topological polar surface area (TPSA) is 168 Å². The molecule has 0 aromatic heterocycles. The Bertz CT molecular complexity index is 916. The number of carbonyl (C=O) groups is 4. The highest BCUT2D eigenvalue weighted by Gasteiger charge is 2.26. The van der Waals surface area contributed by atoms with Crippen molar-refractivity contribution < 1.29 is 34.1 Å². The molecule has 0 saturated heterocycles. The number of aliphatic hydroxyl groups excluding tert-OH is 1. The van der Waals surface area contributed by atoms with Gasteiger partial charge in [0.25, 0.3) is 0 Å². The van der Waals surface area contributed by atoms with Gasteiger partial charge in [-0.1, -0.05) is 42.5 Å². The first kappa shape index (κ1) is 23.4. The number of benzene rings is 2. The average molecular weight is 429 g/mol. The van der Waals surface area contributed by atoms with Gasteiger partial charge >= 0.3 is 12.1 Å². The molecule has 0 aliphatic rings. The molecule has 0 aliphatic heterocycles. The molecule has 0 saturated carbocycles.